The Kier molecular flexibility index (Phi) is 10.6. The third kappa shape index (κ3) is 6.92. The van der Waals surface area contributed by atoms with E-state index in [9.17, 15) is 0 Å². The topological polar surface area (TPSA) is 18.5 Å². The fourth-order valence-corrected chi connectivity index (χ4v) is 6.84. The highest BCUT2D eigenvalue weighted by molar-refractivity contribution is 5.13. The van der Waals surface area contributed by atoms with Crippen LogP contribution in [0.3, 0.4) is 0 Å². The molecule has 0 saturated heterocycles. The Morgan fingerprint density at radius 1 is 0.613 bits per heavy atom. The molecule has 3 saturated carbocycles. The Morgan fingerprint density at radius 2 is 1.00 bits per heavy atom. The quantitative estimate of drug-likeness (QED) is 0.253. The molecule has 0 aliphatic heterocycles. The monoisotopic (exact) mass is 438 g/mol. The number of unbranched alkanes of at least 4 members (excludes halogenated alkanes) is 8. The van der Waals surface area contributed by atoms with Gasteiger partial charge in [0.1, 0.15) is 6.17 Å². The highest BCUT2D eigenvalue weighted by atomic mass is 19.1. The predicted molar refractivity (Wildman–Crippen MR) is 128 cm³/mol. The highest BCUT2D eigenvalue weighted by Crippen LogP contribution is 2.67. The van der Waals surface area contributed by atoms with E-state index in [0.717, 1.165) is 71.0 Å². The minimum atomic E-state index is -0.579. The van der Waals surface area contributed by atoms with Crippen molar-refractivity contribution in [2.75, 3.05) is 13.2 Å². The molecule has 31 heavy (non-hydrogen) atoms. The van der Waals surface area contributed by atoms with E-state index in [-0.39, 0.29) is 10.8 Å². The summed E-state index contributed by atoms with van der Waals surface area (Å²) in [5.41, 5.74) is -0.0120. The predicted octanol–water partition coefficient (Wildman–Crippen LogP) is 8.56. The van der Waals surface area contributed by atoms with Crippen LogP contribution in [0.5, 0.6) is 0 Å². The fraction of sp³-hybridized carbons (Fsp3) is 1.00. The second kappa shape index (κ2) is 12.9. The number of rotatable bonds is 14. The summed E-state index contributed by atoms with van der Waals surface area (Å²) in [6.07, 6.45) is 22.8. The van der Waals surface area contributed by atoms with Crippen molar-refractivity contribution in [3.05, 3.63) is 0 Å². The second-order valence-electron chi connectivity index (χ2n) is 11.2. The molecule has 3 rings (SSSR count). The van der Waals surface area contributed by atoms with Crippen LogP contribution in [-0.4, -0.2) is 31.6 Å². The zero-order valence-corrected chi connectivity index (χ0v) is 20.8. The maximum atomic E-state index is 15.6. The summed E-state index contributed by atoms with van der Waals surface area (Å²) in [7, 11) is 0. The average molecular weight is 439 g/mol. The van der Waals surface area contributed by atoms with Gasteiger partial charge in [0.2, 0.25) is 0 Å². The van der Waals surface area contributed by atoms with Gasteiger partial charge in [-0.25, -0.2) is 4.39 Å². The first-order chi connectivity index (χ1) is 15.1. The van der Waals surface area contributed by atoms with Crippen molar-refractivity contribution in [3.8, 4) is 0 Å². The molecule has 2 spiro atoms. The number of ether oxygens (including phenoxy) is 2. The normalized spacial score (nSPS) is 35.5. The molecule has 0 unspecified atom stereocenters. The zero-order chi connectivity index (χ0) is 22.0. The Bertz CT molecular complexity index is 435. The van der Waals surface area contributed by atoms with Crippen LogP contribution in [0.4, 0.5) is 4.39 Å². The van der Waals surface area contributed by atoms with Crippen LogP contribution < -0.4 is 0 Å². The first-order valence-electron chi connectivity index (χ1n) is 14.0. The van der Waals surface area contributed by atoms with Gasteiger partial charge in [-0.2, -0.15) is 0 Å². The average Bonchev–Trinajstić information content (AvgIpc) is 2.80. The van der Waals surface area contributed by atoms with Crippen molar-refractivity contribution in [3.63, 3.8) is 0 Å². The van der Waals surface area contributed by atoms with Crippen molar-refractivity contribution in [1.82, 2.24) is 0 Å². The van der Waals surface area contributed by atoms with Crippen LogP contribution in [0.2, 0.25) is 0 Å². The Labute approximate surface area is 192 Å². The van der Waals surface area contributed by atoms with E-state index >= 15 is 4.39 Å². The van der Waals surface area contributed by atoms with Crippen molar-refractivity contribution < 1.29 is 13.9 Å². The maximum Gasteiger partial charge on any atom is 0.111 e. The van der Waals surface area contributed by atoms with E-state index in [0.29, 0.717) is 12.2 Å². The van der Waals surface area contributed by atoms with E-state index in [2.05, 4.69) is 13.8 Å². The molecule has 0 heterocycles. The van der Waals surface area contributed by atoms with Gasteiger partial charge in [0, 0.05) is 24.0 Å². The van der Waals surface area contributed by atoms with Crippen molar-refractivity contribution >= 4 is 0 Å². The molecule has 0 aromatic rings. The maximum absolute atomic E-state index is 15.6. The first kappa shape index (κ1) is 25.5. The third-order valence-corrected chi connectivity index (χ3v) is 8.84. The van der Waals surface area contributed by atoms with Crippen LogP contribution in [0.15, 0.2) is 0 Å². The highest BCUT2D eigenvalue weighted by Gasteiger charge is 2.64. The molecule has 2 nitrogen and oxygen atoms in total. The lowest BCUT2D eigenvalue weighted by molar-refractivity contribution is -0.196. The van der Waals surface area contributed by atoms with Crippen LogP contribution in [0.1, 0.15) is 136 Å². The molecule has 0 amide bonds. The first-order valence-corrected chi connectivity index (χ1v) is 14.0. The molecule has 3 fully saturated rings. The molecule has 182 valence electrons. The lowest BCUT2D eigenvalue weighted by Gasteiger charge is -2.63. The summed E-state index contributed by atoms with van der Waals surface area (Å²) >= 11 is 0. The largest absolute Gasteiger partial charge is 0.378 e. The molecular weight excluding hydrogens is 387 g/mol. The minimum absolute atomic E-state index is 0.00599. The molecule has 0 bridgehead atoms. The van der Waals surface area contributed by atoms with E-state index in [4.69, 9.17) is 9.47 Å². The van der Waals surface area contributed by atoms with Gasteiger partial charge in [-0.15, -0.1) is 0 Å². The summed E-state index contributed by atoms with van der Waals surface area (Å²) < 4.78 is 27.9. The molecule has 3 aliphatic carbocycles. The minimum Gasteiger partial charge on any atom is -0.378 e. The summed E-state index contributed by atoms with van der Waals surface area (Å²) in [6, 6.07) is 0. The van der Waals surface area contributed by atoms with Gasteiger partial charge < -0.3 is 9.47 Å². The third-order valence-electron chi connectivity index (χ3n) is 8.84. The summed E-state index contributed by atoms with van der Waals surface area (Å²) in [5, 5.41) is 0. The smallest absolute Gasteiger partial charge is 0.111 e. The van der Waals surface area contributed by atoms with E-state index in [1.807, 2.05) is 0 Å². The number of hydrogen-bond acceptors (Lipinski definition) is 2. The summed E-state index contributed by atoms with van der Waals surface area (Å²) in [6.45, 7) is 6.33. The lowest BCUT2D eigenvalue weighted by Crippen LogP contribution is -2.61. The van der Waals surface area contributed by atoms with Gasteiger partial charge in [-0.05, 0) is 70.6 Å². The van der Waals surface area contributed by atoms with Crippen LogP contribution >= 0.6 is 0 Å². The van der Waals surface area contributed by atoms with E-state index < -0.39 is 6.17 Å². The van der Waals surface area contributed by atoms with Crippen LogP contribution in [-0.2, 0) is 9.47 Å². The summed E-state index contributed by atoms with van der Waals surface area (Å²) in [4.78, 5) is 0. The fourth-order valence-electron chi connectivity index (χ4n) is 6.84. The molecular formula is C28H51FO2. The van der Waals surface area contributed by atoms with E-state index in [1.54, 1.807) is 0 Å². The molecule has 0 aromatic heterocycles. The van der Waals surface area contributed by atoms with E-state index in [1.165, 1.54) is 64.2 Å². The van der Waals surface area contributed by atoms with Crippen molar-refractivity contribution in [2.45, 2.75) is 154 Å². The Balaban J connectivity index is 1.28. The van der Waals surface area contributed by atoms with Gasteiger partial charge in [-0.1, -0.05) is 65.2 Å². The molecule has 3 aliphatic rings. The van der Waals surface area contributed by atoms with Crippen LogP contribution in [0.25, 0.3) is 0 Å². The SMILES string of the molecule is CCCCCCCOC1CC[C@]2(CC1)C[C@@]1(CCC(OCCCCCCC)CC1)C2F. The molecule has 0 N–H and O–H groups in total. The van der Waals surface area contributed by atoms with Gasteiger partial charge in [-0.3, -0.25) is 0 Å². The van der Waals surface area contributed by atoms with Gasteiger partial charge in [0.15, 0.2) is 0 Å². The Hall–Kier alpha value is -0.150. The van der Waals surface area contributed by atoms with Crippen molar-refractivity contribution in [1.29, 1.82) is 0 Å². The standard InChI is InChI=1S/C28H51FO2/c1-3-5-7-9-11-21-30-24-13-17-27(18-14-24)23-28(26(27)29)19-15-25(16-20-28)31-22-12-10-8-6-4-2/h24-26H,3-23H2,1-2H3/t24?,25?,26?,27-,28-. The number of hydrogen-bond donors (Lipinski definition) is 0. The summed E-state index contributed by atoms with van der Waals surface area (Å²) in [5.74, 6) is 0. The zero-order valence-electron chi connectivity index (χ0n) is 20.8. The van der Waals surface area contributed by atoms with Gasteiger partial charge >= 0.3 is 0 Å². The van der Waals surface area contributed by atoms with Crippen LogP contribution in [0, 0.1) is 10.8 Å². The Morgan fingerprint density at radius 3 is 1.35 bits per heavy atom. The van der Waals surface area contributed by atoms with Crippen molar-refractivity contribution in [2.24, 2.45) is 10.8 Å². The van der Waals surface area contributed by atoms with Gasteiger partial charge in [0.05, 0.1) is 12.2 Å². The molecule has 0 atom stereocenters. The number of halogens is 1. The van der Waals surface area contributed by atoms with Gasteiger partial charge in [0.25, 0.3) is 0 Å². The molecule has 0 radical (unpaired) electrons. The molecule has 3 heteroatoms. The second-order valence-corrected chi connectivity index (χ2v) is 11.2. The molecule has 0 aromatic carbocycles. The number of alkyl halides is 1. The lowest BCUT2D eigenvalue weighted by atomic mass is 9.43.